The molecule has 3 heterocycles. The largest absolute Gasteiger partial charge is 0.493 e. The van der Waals surface area contributed by atoms with Crippen LogP contribution in [0, 0.1) is 5.92 Å². The first-order valence-electron chi connectivity index (χ1n) is 15.9. The number of thioether (sulfide) groups is 1. The lowest BCUT2D eigenvalue weighted by Crippen LogP contribution is -2.33. The van der Waals surface area contributed by atoms with E-state index in [0.29, 0.717) is 38.2 Å². The summed E-state index contributed by atoms with van der Waals surface area (Å²) in [5.74, 6) is -3.29. The Hall–Kier alpha value is -5.41. The molecule has 0 aliphatic carbocycles. The number of anilines is 2. The molecule has 2 aliphatic rings. The third kappa shape index (κ3) is 6.73. The summed E-state index contributed by atoms with van der Waals surface area (Å²) >= 11 is 1.98. The van der Waals surface area contributed by atoms with Crippen LogP contribution in [0.25, 0.3) is 0 Å². The van der Waals surface area contributed by atoms with Gasteiger partial charge in [0.25, 0.3) is 0 Å². The second-order valence-corrected chi connectivity index (χ2v) is 13.5. The molecule has 3 amide bonds. The molecular formula is C36H33N3O10S2. The van der Waals surface area contributed by atoms with E-state index < -0.39 is 51.6 Å². The fraction of sp³-hybridized carbons (Fsp3) is 0.278. The van der Waals surface area contributed by atoms with Gasteiger partial charge in [-0.1, -0.05) is 29.2 Å². The number of fused-ring (bicyclic) bond motifs is 2. The van der Waals surface area contributed by atoms with Crippen LogP contribution in [0.2, 0.25) is 0 Å². The highest BCUT2D eigenvalue weighted by molar-refractivity contribution is 8.00. The number of methoxy groups -OCH3 is 2. The quantitative estimate of drug-likeness (QED) is 0.168. The number of carbonyl (C=O) groups excluding carboxylic acids is 5. The zero-order chi connectivity index (χ0) is 36.4. The second kappa shape index (κ2) is 14.8. The smallest absolute Gasteiger partial charge is 0.338 e. The topological polar surface area (TPSA) is 160 Å². The van der Waals surface area contributed by atoms with E-state index in [1.54, 1.807) is 44.2 Å². The summed E-state index contributed by atoms with van der Waals surface area (Å²) in [6, 6.07) is 17.4. The van der Waals surface area contributed by atoms with E-state index in [4.69, 9.17) is 18.9 Å². The molecule has 264 valence electrons. The zero-order valence-corrected chi connectivity index (χ0v) is 29.6. The molecule has 2 aliphatic heterocycles. The van der Waals surface area contributed by atoms with E-state index in [-0.39, 0.29) is 31.0 Å². The Balaban J connectivity index is 1.35. The molecule has 0 unspecified atom stereocenters. The van der Waals surface area contributed by atoms with Crippen molar-refractivity contribution in [3.63, 3.8) is 0 Å². The molecule has 6 rings (SSSR count). The van der Waals surface area contributed by atoms with Gasteiger partial charge in [0.2, 0.25) is 17.7 Å². The third-order valence-electron chi connectivity index (χ3n) is 8.43. The highest BCUT2D eigenvalue weighted by Gasteiger charge is 2.57. The van der Waals surface area contributed by atoms with Gasteiger partial charge in [0.1, 0.15) is 11.8 Å². The first-order chi connectivity index (χ1) is 24.6. The summed E-state index contributed by atoms with van der Waals surface area (Å²) < 4.78 is 22.4. The lowest BCUT2D eigenvalue weighted by Gasteiger charge is -2.31. The Labute approximate surface area is 300 Å². The van der Waals surface area contributed by atoms with Gasteiger partial charge in [-0.3, -0.25) is 23.7 Å². The van der Waals surface area contributed by atoms with Crippen LogP contribution in [0.4, 0.5) is 11.4 Å². The predicted molar refractivity (Wildman–Crippen MR) is 189 cm³/mol. The van der Waals surface area contributed by atoms with Gasteiger partial charge in [-0.25, -0.2) is 14.5 Å². The fourth-order valence-corrected chi connectivity index (χ4v) is 8.90. The van der Waals surface area contributed by atoms with E-state index in [9.17, 15) is 28.8 Å². The Morgan fingerprint density at radius 2 is 1.39 bits per heavy atom. The van der Waals surface area contributed by atoms with Crippen LogP contribution in [0.5, 0.6) is 11.5 Å². The number of hydrogen-bond donors (Lipinski definition) is 1. The lowest BCUT2D eigenvalue weighted by atomic mass is 9.83. The maximum Gasteiger partial charge on any atom is 0.338 e. The molecule has 1 N–H and O–H groups in total. The summed E-state index contributed by atoms with van der Waals surface area (Å²) in [6.07, 6.45) is 0. The number of nitrogens with zero attached hydrogens (tertiary/aromatic N) is 2. The van der Waals surface area contributed by atoms with Crippen LogP contribution in [0.1, 0.15) is 50.9 Å². The van der Waals surface area contributed by atoms with E-state index >= 15 is 0 Å². The standard InChI is InChI=1S/C36H33N3O10S2/c1-5-48-34(43)19-7-12-22(13-8-19)37-26(40)18-38-33-30(51-36(38)45)27(21-11-16-24(46-3)25(17-21)47-4)28-29(50-33)32(42)39(31(28)41)23-14-9-20(10-15-23)35(44)49-6-2/h7-17,27-29H,5-6,18H2,1-4H3,(H,37,40)/t27-,28+,29-/m0/s1. The highest BCUT2D eigenvalue weighted by Crippen LogP contribution is 2.54. The Kier molecular flexibility index (Phi) is 10.3. The predicted octanol–water partition coefficient (Wildman–Crippen LogP) is 4.71. The van der Waals surface area contributed by atoms with Crippen LogP contribution >= 0.6 is 23.1 Å². The monoisotopic (exact) mass is 731 g/mol. The molecule has 0 saturated carbocycles. The molecule has 1 aromatic heterocycles. The van der Waals surface area contributed by atoms with Crippen LogP contribution in [0.15, 0.2) is 76.6 Å². The molecule has 3 aromatic carbocycles. The van der Waals surface area contributed by atoms with Crippen molar-refractivity contribution in [2.75, 3.05) is 37.7 Å². The van der Waals surface area contributed by atoms with Crippen molar-refractivity contribution in [3.05, 3.63) is 98.0 Å². The van der Waals surface area contributed by atoms with Gasteiger partial charge in [0.05, 0.1) is 55.2 Å². The van der Waals surface area contributed by atoms with Gasteiger partial charge in [0.15, 0.2) is 11.5 Å². The van der Waals surface area contributed by atoms with Gasteiger partial charge in [-0.05, 0) is 80.1 Å². The average molecular weight is 732 g/mol. The molecule has 15 heteroatoms. The third-order valence-corrected chi connectivity index (χ3v) is 11.0. The number of nitrogens with one attached hydrogen (secondary N) is 1. The van der Waals surface area contributed by atoms with Crippen molar-refractivity contribution >= 4 is 64.1 Å². The van der Waals surface area contributed by atoms with Crippen LogP contribution in [-0.4, -0.2) is 66.9 Å². The number of aromatic nitrogens is 1. The number of imide groups is 1. The van der Waals surface area contributed by atoms with Gasteiger partial charge < -0.3 is 24.3 Å². The first kappa shape index (κ1) is 35.4. The molecule has 0 spiro atoms. The Morgan fingerprint density at radius 3 is 1.98 bits per heavy atom. The van der Waals surface area contributed by atoms with Crippen molar-refractivity contribution in [1.29, 1.82) is 0 Å². The first-order valence-corrected chi connectivity index (χ1v) is 17.6. The van der Waals surface area contributed by atoms with Gasteiger partial charge in [-0.15, -0.1) is 0 Å². The molecule has 51 heavy (non-hydrogen) atoms. The van der Waals surface area contributed by atoms with Crippen molar-refractivity contribution in [2.45, 2.75) is 36.6 Å². The lowest BCUT2D eigenvalue weighted by molar-refractivity contribution is -0.122. The minimum atomic E-state index is -0.938. The Bertz CT molecular complexity index is 2070. The number of ether oxygens (including phenoxy) is 4. The van der Waals surface area contributed by atoms with Crippen molar-refractivity contribution < 1.29 is 42.9 Å². The van der Waals surface area contributed by atoms with Crippen molar-refractivity contribution in [2.24, 2.45) is 5.92 Å². The molecule has 0 radical (unpaired) electrons. The number of benzene rings is 3. The van der Waals surface area contributed by atoms with Crippen LogP contribution in [0.3, 0.4) is 0 Å². The van der Waals surface area contributed by atoms with Gasteiger partial charge in [0, 0.05) is 16.5 Å². The molecule has 13 nitrogen and oxygen atoms in total. The van der Waals surface area contributed by atoms with E-state index in [2.05, 4.69) is 5.32 Å². The second-order valence-electron chi connectivity index (χ2n) is 11.4. The van der Waals surface area contributed by atoms with Crippen LogP contribution < -0.4 is 24.6 Å². The number of amides is 3. The van der Waals surface area contributed by atoms with Gasteiger partial charge >= 0.3 is 16.8 Å². The van der Waals surface area contributed by atoms with Crippen molar-refractivity contribution in [1.82, 2.24) is 4.57 Å². The average Bonchev–Trinajstić information content (AvgIpc) is 3.57. The SMILES string of the molecule is CCOC(=O)c1ccc(NC(=O)Cn2c3c(sc2=O)[C@@H](c2ccc(OC)c(OC)c2)[C@H]2C(=O)N(c4ccc(C(=O)OCC)cc4)C(=O)[C@H]2S3)cc1. The maximum atomic E-state index is 14.3. The molecule has 4 aromatic rings. The minimum Gasteiger partial charge on any atom is -0.493 e. The summed E-state index contributed by atoms with van der Waals surface area (Å²) in [6.45, 7) is 3.46. The fourth-order valence-electron chi connectivity index (χ4n) is 6.12. The minimum absolute atomic E-state index is 0.197. The molecule has 1 saturated heterocycles. The molecule has 0 bridgehead atoms. The van der Waals surface area contributed by atoms with Gasteiger partial charge in [-0.2, -0.15) is 0 Å². The van der Waals surface area contributed by atoms with Crippen LogP contribution in [-0.2, 0) is 30.4 Å². The van der Waals surface area contributed by atoms with E-state index in [1.165, 1.54) is 55.2 Å². The molecule has 3 atom stereocenters. The van der Waals surface area contributed by atoms with E-state index in [1.807, 2.05) is 0 Å². The van der Waals surface area contributed by atoms with E-state index in [0.717, 1.165) is 28.0 Å². The normalized spacial score (nSPS) is 17.7. The summed E-state index contributed by atoms with van der Waals surface area (Å²) in [4.78, 5) is 80.7. The maximum absolute atomic E-state index is 14.3. The number of thiazole rings is 1. The summed E-state index contributed by atoms with van der Waals surface area (Å²) in [5, 5.41) is 2.21. The zero-order valence-electron chi connectivity index (χ0n) is 28.0. The molecular weight excluding hydrogens is 699 g/mol. The highest BCUT2D eigenvalue weighted by atomic mass is 32.2. The number of esters is 2. The Morgan fingerprint density at radius 1 is 0.784 bits per heavy atom. The number of hydrogen-bond acceptors (Lipinski definition) is 12. The molecule has 1 fully saturated rings. The number of rotatable bonds is 11. The van der Waals surface area contributed by atoms with Crippen molar-refractivity contribution in [3.8, 4) is 11.5 Å². The summed E-state index contributed by atoms with van der Waals surface area (Å²) in [5.41, 5.74) is 1.90. The summed E-state index contributed by atoms with van der Waals surface area (Å²) in [7, 11) is 2.98. The number of carbonyl (C=O) groups is 5.